The van der Waals surface area contributed by atoms with Gasteiger partial charge in [-0.15, -0.1) is 12.4 Å². The van der Waals surface area contributed by atoms with Gasteiger partial charge in [-0.05, 0) is 85.1 Å². The summed E-state index contributed by atoms with van der Waals surface area (Å²) in [6, 6.07) is 14.4. The van der Waals surface area contributed by atoms with Gasteiger partial charge < -0.3 is 20.1 Å². The minimum absolute atomic E-state index is 0. The zero-order chi connectivity index (χ0) is 31.4. The zero-order valence-electron chi connectivity index (χ0n) is 26.2. The summed E-state index contributed by atoms with van der Waals surface area (Å²) >= 11 is -1.64. The van der Waals surface area contributed by atoms with Gasteiger partial charge in [-0.1, -0.05) is 44.7 Å². The van der Waals surface area contributed by atoms with Crippen molar-refractivity contribution in [2.75, 3.05) is 19.6 Å². The number of nitrogens with one attached hydrogen (secondary N) is 2. The van der Waals surface area contributed by atoms with Gasteiger partial charge in [0.05, 0.1) is 6.10 Å². The van der Waals surface area contributed by atoms with Crippen LogP contribution in [0, 0.1) is 5.92 Å². The quantitative estimate of drug-likeness (QED) is 0.345. The molecule has 0 aromatic heterocycles. The summed E-state index contributed by atoms with van der Waals surface area (Å²) in [7, 11) is 0. The molecule has 3 heterocycles. The average molecular weight is 674 g/mol. The highest BCUT2D eigenvalue weighted by molar-refractivity contribution is 7.79. The van der Waals surface area contributed by atoms with Crippen molar-refractivity contribution in [1.29, 1.82) is 0 Å². The molecule has 1 spiro atoms. The highest BCUT2D eigenvalue weighted by Crippen LogP contribution is 2.36. The Bertz CT molecular complexity index is 1410. The molecule has 11 nitrogen and oxygen atoms in total. The Morgan fingerprint density at radius 2 is 1.70 bits per heavy atom. The number of rotatable bonds is 10. The molecule has 2 saturated heterocycles. The second-order valence-electron chi connectivity index (χ2n) is 12.6. The molecular weight excluding hydrogens is 630 g/mol. The average Bonchev–Trinajstić information content (AvgIpc) is 3.51. The lowest BCUT2D eigenvalue weighted by Gasteiger charge is -2.52. The van der Waals surface area contributed by atoms with Crippen molar-refractivity contribution < 1.29 is 27.9 Å². The molecular formula is C33H44ClN5O6S. The van der Waals surface area contributed by atoms with Gasteiger partial charge in [0.25, 0.3) is 0 Å². The first-order valence-corrected chi connectivity index (χ1v) is 17.3. The molecule has 2 amide bonds. The molecule has 0 bridgehead atoms. The molecule has 2 aromatic rings. The topological polar surface area (TPSA) is 133 Å². The predicted octanol–water partition coefficient (Wildman–Crippen LogP) is 4.16. The van der Waals surface area contributed by atoms with Crippen LogP contribution in [0.3, 0.4) is 0 Å². The number of halogens is 1. The molecule has 3 fully saturated rings. The Morgan fingerprint density at radius 3 is 2.30 bits per heavy atom. The number of aliphatic hydroxyl groups excluding tert-OH is 1. The van der Waals surface area contributed by atoms with Gasteiger partial charge in [0, 0.05) is 31.7 Å². The molecule has 13 heteroatoms. The lowest BCUT2D eigenvalue weighted by molar-refractivity contribution is -0.166. The summed E-state index contributed by atoms with van der Waals surface area (Å²) in [5.74, 6) is 1.62. The summed E-state index contributed by atoms with van der Waals surface area (Å²) in [5.41, 5.74) is 1.02. The molecule has 46 heavy (non-hydrogen) atoms. The SMILES string of the molecule is CCCCN1C(=O)[C@@H]([C@H](O)C2CCCCC2)NC(=O)C12CCN(Cc1ccc(Oc3ccc(C4=NOS(=O)N4)cc3)cc1)CC2.Cl. The summed E-state index contributed by atoms with van der Waals surface area (Å²) in [6.45, 7) is 4.76. The van der Waals surface area contributed by atoms with Crippen LogP contribution in [-0.4, -0.2) is 74.1 Å². The second kappa shape index (κ2) is 15.1. The zero-order valence-corrected chi connectivity index (χ0v) is 27.8. The number of amidine groups is 1. The highest BCUT2D eigenvalue weighted by atomic mass is 35.5. The Balaban J connectivity index is 0.00000417. The van der Waals surface area contributed by atoms with E-state index in [0.717, 1.165) is 56.2 Å². The fourth-order valence-corrected chi connectivity index (χ4v) is 7.57. The molecule has 6 rings (SSSR count). The number of piperazine rings is 1. The fraction of sp³-hybridized carbons (Fsp3) is 0.545. The monoisotopic (exact) mass is 673 g/mol. The third-order valence-corrected chi connectivity index (χ3v) is 10.3. The number of ether oxygens (including phenoxy) is 1. The smallest absolute Gasteiger partial charge is 0.338 e. The van der Waals surface area contributed by atoms with Crippen molar-refractivity contribution in [1.82, 2.24) is 19.8 Å². The van der Waals surface area contributed by atoms with Crippen LogP contribution in [0.2, 0.25) is 0 Å². The third kappa shape index (κ3) is 7.35. The van der Waals surface area contributed by atoms with Crippen molar-refractivity contribution in [2.45, 2.75) is 88.9 Å². The van der Waals surface area contributed by atoms with Gasteiger partial charge in [-0.3, -0.25) is 23.5 Å². The first kappa shape index (κ1) is 34.2. The van der Waals surface area contributed by atoms with Gasteiger partial charge in [-0.2, -0.15) is 4.21 Å². The number of unbranched alkanes of at least 4 members (excludes halogenated alkanes) is 1. The molecule has 1 saturated carbocycles. The van der Waals surface area contributed by atoms with E-state index in [4.69, 9.17) is 4.74 Å². The molecule has 3 aliphatic heterocycles. The number of hydrogen-bond donors (Lipinski definition) is 3. The van der Waals surface area contributed by atoms with Gasteiger partial charge in [0.15, 0.2) is 5.84 Å². The van der Waals surface area contributed by atoms with E-state index in [9.17, 15) is 18.9 Å². The van der Waals surface area contributed by atoms with Crippen LogP contribution in [0.25, 0.3) is 0 Å². The minimum Gasteiger partial charge on any atom is -0.457 e. The summed E-state index contributed by atoms with van der Waals surface area (Å²) < 4.78 is 24.6. The number of piperidine rings is 1. The van der Waals surface area contributed by atoms with E-state index >= 15 is 0 Å². The number of oxime groups is 1. The van der Waals surface area contributed by atoms with Crippen LogP contribution >= 0.6 is 12.4 Å². The molecule has 0 radical (unpaired) electrons. The molecule has 1 unspecified atom stereocenters. The Hall–Kier alpha value is -3.19. The lowest BCUT2D eigenvalue weighted by atomic mass is 9.78. The van der Waals surface area contributed by atoms with Crippen molar-refractivity contribution in [3.05, 3.63) is 59.7 Å². The van der Waals surface area contributed by atoms with Crippen LogP contribution in [0.1, 0.15) is 75.8 Å². The first-order chi connectivity index (χ1) is 21.9. The fourth-order valence-electron chi connectivity index (χ4n) is 7.07. The highest BCUT2D eigenvalue weighted by Gasteiger charge is 2.55. The van der Waals surface area contributed by atoms with Crippen LogP contribution in [0.5, 0.6) is 11.5 Å². The van der Waals surface area contributed by atoms with E-state index in [0.29, 0.717) is 49.8 Å². The Kier molecular flexibility index (Phi) is 11.2. The maximum absolute atomic E-state index is 13.9. The van der Waals surface area contributed by atoms with E-state index in [1.54, 1.807) is 0 Å². The predicted molar refractivity (Wildman–Crippen MR) is 177 cm³/mol. The normalized spacial score (nSPS) is 24.0. The summed E-state index contributed by atoms with van der Waals surface area (Å²) in [5, 5.41) is 17.9. The molecule has 250 valence electrons. The van der Waals surface area contributed by atoms with Crippen LogP contribution in [-0.2, 0) is 31.7 Å². The number of likely N-dealkylation sites (tertiary alicyclic amines) is 1. The maximum atomic E-state index is 13.9. The van der Waals surface area contributed by atoms with Crippen molar-refractivity contribution in [3.8, 4) is 11.5 Å². The van der Waals surface area contributed by atoms with Gasteiger partial charge >= 0.3 is 11.3 Å². The van der Waals surface area contributed by atoms with Crippen LogP contribution in [0.15, 0.2) is 53.7 Å². The lowest BCUT2D eigenvalue weighted by Crippen LogP contribution is -2.75. The van der Waals surface area contributed by atoms with Crippen LogP contribution in [0.4, 0.5) is 0 Å². The largest absolute Gasteiger partial charge is 0.457 e. The standard InChI is InChI=1S/C33H43N5O6S.ClH/c1-2-3-19-38-31(40)28(29(39)24-7-5-4-6-8-24)34-32(41)33(38)17-20-37(21-18-33)22-23-9-13-26(14-10-23)43-27-15-11-25(12-16-27)30-35-44-45(42)36-30;/h9-16,24,28-29,39H,2-8,17-22H2,1H3,(H,34,41)(H,35,36);1H/t28-,29-,45?;/m1./s1. The number of hydrogen-bond acceptors (Lipinski definition) is 8. The van der Waals surface area contributed by atoms with Crippen LogP contribution < -0.4 is 14.8 Å². The first-order valence-electron chi connectivity index (χ1n) is 16.2. The molecule has 4 aliphatic rings. The maximum Gasteiger partial charge on any atom is 0.338 e. The number of amides is 2. The summed E-state index contributed by atoms with van der Waals surface area (Å²) in [4.78, 5) is 31.8. The van der Waals surface area contributed by atoms with E-state index in [2.05, 4.69) is 31.3 Å². The number of benzene rings is 2. The molecule has 3 N–H and O–H groups in total. The molecule has 2 aromatic carbocycles. The Labute approximate surface area is 279 Å². The Morgan fingerprint density at radius 1 is 1.04 bits per heavy atom. The third-order valence-electron chi connectivity index (χ3n) is 9.72. The van der Waals surface area contributed by atoms with Gasteiger partial charge in [0.1, 0.15) is 23.1 Å². The number of aliphatic hydroxyl groups is 1. The number of nitrogens with zero attached hydrogens (tertiary/aromatic N) is 3. The second-order valence-corrected chi connectivity index (χ2v) is 13.4. The van der Waals surface area contributed by atoms with E-state index in [1.165, 1.54) is 6.42 Å². The van der Waals surface area contributed by atoms with E-state index in [1.807, 2.05) is 53.4 Å². The van der Waals surface area contributed by atoms with Gasteiger partial charge in [-0.25, -0.2) is 0 Å². The number of carbonyl (C=O) groups excluding carboxylic acids is 2. The molecule has 1 aliphatic carbocycles. The van der Waals surface area contributed by atoms with Gasteiger partial charge in [0.2, 0.25) is 11.8 Å². The summed E-state index contributed by atoms with van der Waals surface area (Å²) in [6.07, 6.45) is 7.19. The number of carbonyl (C=O) groups is 2. The van der Waals surface area contributed by atoms with Crippen molar-refractivity contribution >= 4 is 41.3 Å². The van der Waals surface area contributed by atoms with E-state index < -0.39 is 29.0 Å². The molecule has 3 atom stereocenters. The van der Waals surface area contributed by atoms with Crippen molar-refractivity contribution in [2.24, 2.45) is 11.1 Å². The minimum atomic E-state index is -1.64. The van der Waals surface area contributed by atoms with Crippen molar-refractivity contribution in [3.63, 3.8) is 0 Å². The van der Waals surface area contributed by atoms with E-state index in [-0.39, 0.29) is 30.1 Å².